The minimum absolute atomic E-state index is 0.0667. The van der Waals surface area contributed by atoms with Gasteiger partial charge in [0.05, 0.1) is 13.1 Å². The van der Waals surface area contributed by atoms with Crippen molar-refractivity contribution in [3.63, 3.8) is 0 Å². The molecule has 0 atom stereocenters. The van der Waals surface area contributed by atoms with Crippen LogP contribution >= 0.6 is 11.6 Å². The Bertz CT molecular complexity index is 978. The highest BCUT2D eigenvalue weighted by atomic mass is 35.5. The monoisotopic (exact) mass is 486 g/mol. The van der Waals surface area contributed by atoms with Crippen LogP contribution in [0.1, 0.15) is 24.0 Å². The van der Waals surface area contributed by atoms with E-state index in [9.17, 15) is 14.7 Å². The molecular formula is C26H35ClN4O3. The summed E-state index contributed by atoms with van der Waals surface area (Å²) in [6.07, 6.45) is 3.07. The highest BCUT2D eigenvalue weighted by Gasteiger charge is 2.20. The zero-order chi connectivity index (χ0) is 24.5. The Morgan fingerprint density at radius 2 is 1.88 bits per heavy atom. The van der Waals surface area contributed by atoms with Crippen LogP contribution in [0.25, 0.3) is 0 Å². The summed E-state index contributed by atoms with van der Waals surface area (Å²) in [4.78, 5) is 31.6. The molecule has 3 rings (SSSR count). The molecule has 1 aliphatic rings. The lowest BCUT2D eigenvalue weighted by Gasteiger charge is -2.28. The number of hydrogen-bond donors (Lipinski definition) is 2. The standard InChI is InChI=1S/C26H35ClN4O3/c1-20-8-9-22(27)17-24(20)31(18-25(33)28-11-15-30-12-3-4-13-30)19-26(34)29(2)14-10-21-6-5-7-23(32)16-21/h5-9,16-17,32H,3-4,10-15,18-19H2,1-2H3,(H,28,33). The van der Waals surface area contributed by atoms with E-state index in [1.807, 2.05) is 19.1 Å². The number of amides is 2. The van der Waals surface area contributed by atoms with Crippen molar-refractivity contribution in [3.05, 3.63) is 58.6 Å². The number of rotatable bonds is 11. The number of likely N-dealkylation sites (N-methyl/N-ethyl adjacent to an activating group) is 1. The van der Waals surface area contributed by atoms with Crippen LogP contribution in [0.3, 0.4) is 0 Å². The highest BCUT2D eigenvalue weighted by molar-refractivity contribution is 6.30. The zero-order valence-corrected chi connectivity index (χ0v) is 20.9. The van der Waals surface area contributed by atoms with Crippen LogP contribution in [0.5, 0.6) is 5.75 Å². The van der Waals surface area contributed by atoms with Gasteiger partial charge in [0.2, 0.25) is 11.8 Å². The highest BCUT2D eigenvalue weighted by Crippen LogP contribution is 2.24. The second kappa shape index (κ2) is 12.6. The van der Waals surface area contributed by atoms with Crippen molar-refractivity contribution < 1.29 is 14.7 Å². The van der Waals surface area contributed by atoms with E-state index < -0.39 is 0 Å². The van der Waals surface area contributed by atoms with Gasteiger partial charge in [0.25, 0.3) is 0 Å². The van der Waals surface area contributed by atoms with E-state index >= 15 is 0 Å². The normalized spacial score (nSPS) is 13.6. The third-order valence-electron chi connectivity index (χ3n) is 6.19. The minimum Gasteiger partial charge on any atom is -0.508 e. The van der Waals surface area contributed by atoms with Crippen molar-refractivity contribution in [1.29, 1.82) is 0 Å². The molecule has 1 heterocycles. The second-order valence-electron chi connectivity index (χ2n) is 8.92. The van der Waals surface area contributed by atoms with E-state index in [-0.39, 0.29) is 30.7 Å². The number of nitrogens with one attached hydrogen (secondary N) is 1. The fourth-order valence-corrected chi connectivity index (χ4v) is 4.32. The lowest BCUT2D eigenvalue weighted by molar-refractivity contribution is -0.128. The van der Waals surface area contributed by atoms with Gasteiger partial charge in [0, 0.05) is 37.4 Å². The van der Waals surface area contributed by atoms with Crippen LogP contribution in [0.2, 0.25) is 5.02 Å². The van der Waals surface area contributed by atoms with Crippen LogP contribution < -0.4 is 10.2 Å². The average Bonchev–Trinajstić information content (AvgIpc) is 3.32. The van der Waals surface area contributed by atoms with E-state index in [0.29, 0.717) is 24.5 Å². The number of aromatic hydroxyl groups is 1. The third-order valence-corrected chi connectivity index (χ3v) is 6.43. The summed E-state index contributed by atoms with van der Waals surface area (Å²) in [5.74, 6) is 0.00279. The van der Waals surface area contributed by atoms with E-state index in [4.69, 9.17) is 11.6 Å². The Kier molecular flexibility index (Phi) is 9.60. The Labute approximate surface area is 207 Å². The lowest BCUT2D eigenvalue weighted by Crippen LogP contribution is -2.45. The number of hydrogen-bond acceptors (Lipinski definition) is 5. The number of carbonyl (C=O) groups is 2. The van der Waals surface area contributed by atoms with Gasteiger partial charge in [-0.05, 0) is 74.7 Å². The summed E-state index contributed by atoms with van der Waals surface area (Å²) in [7, 11) is 1.75. The number of anilines is 1. The number of aryl methyl sites for hydroxylation is 1. The van der Waals surface area contributed by atoms with E-state index in [2.05, 4.69) is 10.2 Å². The molecule has 1 saturated heterocycles. The quantitative estimate of drug-likeness (QED) is 0.510. The predicted molar refractivity (Wildman–Crippen MR) is 137 cm³/mol. The molecule has 2 aromatic carbocycles. The molecule has 1 fully saturated rings. The Morgan fingerprint density at radius 3 is 2.62 bits per heavy atom. The summed E-state index contributed by atoms with van der Waals surface area (Å²) in [6, 6.07) is 12.5. The number of nitrogens with zero attached hydrogens (tertiary/aromatic N) is 3. The van der Waals surface area contributed by atoms with Crippen LogP contribution in [0.15, 0.2) is 42.5 Å². The van der Waals surface area contributed by atoms with E-state index in [0.717, 1.165) is 36.4 Å². The maximum atomic E-state index is 13.0. The molecule has 0 aromatic heterocycles. The van der Waals surface area contributed by atoms with Gasteiger partial charge in [-0.1, -0.05) is 29.8 Å². The Hall–Kier alpha value is -2.77. The van der Waals surface area contributed by atoms with Gasteiger partial charge in [0.15, 0.2) is 0 Å². The topological polar surface area (TPSA) is 76.1 Å². The first kappa shape index (κ1) is 25.8. The van der Waals surface area contributed by atoms with E-state index in [1.165, 1.54) is 12.8 Å². The van der Waals surface area contributed by atoms with Crippen molar-refractivity contribution in [2.75, 3.05) is 57.8 Å². The van der Waals surface area contributed by atoms with Crippen LogP contribution in [0.4, 0.5) is 5.69 Å². The first-order valence-electron chi connectivity index (χ1n) is 11.8. The van der Waals surface area contributed by atoms with Gasteiger partial charge < -0.3 is 25.1 Å². The van der Waals surface area contributed by atoms with Crippen LogP contribution in [-0.4, -0.2) is 79.6 Å². The van der Waals surface area contributed by atoms with E-state index in [1.54, 1.807) is 47.2 Å². The molecule has 2 N–H and O–H groups in total. The zero-order valence-electron chi connectivity index (χ0n) is 20.1. The number of halogens is 1. The number of phenols is 1. The summed E-state index contributed by atoms with van der Waals surface area (Å²) in [6.45, 7) is 6.22. The van der Waals surface area contributed by atoms with Crippen molar-refractivity contribution in [1.82, 2.24) is 15.1 Å². The molecule has 1 aliphatic heterocycles. The van der Waals surface area contributed by atoms with Gasteiger partial charge in [-0.25, -0.2) is 0 Å². The first-order chi connectivity index (χ1) is 16.3. The Morgan fingerprint density at radius 1 is 1.12 bits per heavy atom. The average molecular weight is 487 g/mol. The van der Waals surface area contributed by atoms with Gasteiger partial charge in [-0.3, -0.25) is 9.59 Å². The molecule has 184 valence electrons. The number of phenolic OH excluding ortho intramolecular Hbond substituents is 1. The maximum absolute atomic E-state index is 13.0. The molecule has 2 amide bonds. The summed E-state index contributed by atoms with van der Waals surface area (Å²) < 4.78 is 0. The third kappa shape index (κ3) is 7.92. The molecule has 0 spiro atoms. The van der Waals surface area contributed by atoms with Gasteiger partial charge in [0.1, 0.15) is 5.75 Å². The molecule has 34 heavy (non-hydrogen) atoms. The van der Waals surface area contributed by atoms with Crippen molar-refractivity contribution in [2.24, 2.45) is 0 Å². The molecule has 0 radical (unpaired) electrons. The fraction of sp³-hybridized carbons (Fsp3) is 0.462. The van der Waals surface area contributed by atoms with Crippen molar-refractivity contribution in [2.45, 2.75) is 26.2 Å². The Balaban J connectivity index is 1.60. The van der Waals surface area contributed by atoms with Gasteiger partial charge in [-0.15, -0.1) is 0 Å². The largest absolute Gasteiger partial charge is 0.508 e. The SMILES string of the molecule is Cc1ccc(Cl)cc1N(CC(=O)NCCN1CCCC1)CC(=O)N(C)CCc1cccc(O)c1. The summed E-state index contributed by atoms with van der Waals surface area (Å²) in [5, 5.41) is 13.2. The molecule has 8 heteroatoms. The molecular weight excluding hydrogens is 452 g/mol. The number of benzene rings is 2. The molecule has 0 aliphatic carbocycles. The van der Waals surface area contributed by atoms with Crippen LogP contribution in [0, 0.1) is 6.92 Å². The number of likely N-dealkylation sites (tertiary alicyclic amines) is 1. The van der Waals surface area contributed by atoms with Gasteiger partial charge in [-0.2, -0.15) is 0 Å². The molecule has 0 bridgehead atoms. The maximum Gasteiger partial charge on any atom is 0.241 e. The molecule has 0 unspecified atom stereocenters. The molecule has 2 aromatic rings. The summed E-state index contributed by atoms with van der Waals surface area (Å²) in [5.41, 5.74) is 2.68. The van der Waals surface area contributed by atoms with Crippen LogP contribution in [-0.2, 0) is 16.0 Å². The van der Waals surface area contributed by atoms with Gasteiger partial charge >= 0.3 is 0 Å². The minimum atomic E-state index is -0.117. The van der Waals surface area contributed by atoms with Crippen molar-refractivity contribution >= 4 is 29.1 Å². The summed E-state index contributed by atoms with van der Waals surface area (Å²) >= 11 is 6.23. The second-order valence-corrected chi connectivity index (χ2v) is 9.36. The molecule has 0 saturated carbocycles. The molecule has 7 nitrogen and oxygen atoms in total. The predicted octanol–water partition coefficient (Wildman–Crippen LogP) is 3.07. The van der Waals surface area contributed by atoms with Crippen molar-refractivity contribution in [3.8, 4) is 5.75 Å². The number of carbonyl (C=O) groups excluding carboxylic acids is 2. The first-order valence-corrected chi connectivity index (χ1v) is 12.2. The lowest BCUT2D eigenvalue weighted by atomic mass is 10.1. The fourth-order valence-electron chi connectivity index (χ4n) is 4.16. The smallest absolute Gasteiger partial charge is 0.241 e.